The number of aromatic nitrogens is 1. The first kappa shape index (κ1) is 18.2. The van der Waals surface area contributed by atoms with Gasteiger partial charge in [-0.05, 0) is 12.8 Å². The molecule has 2 heterocycles. The standard InChI is InChI=1S/C12H17BN4O6S/c1-22-17-10(7-5-24-12(14)15-7)11(20)16-8-3-2-6(4-9(18)19)23-13(8)21/h5-6,8,21H,2-4H2,1H3,(H2,14,15)(H,16,20)(H,18,19)/t6-,8-/m0/s1. The van der Waals surface area contributed by atoms with Crippen molar-refractivity contribution in [3.05, 3.63) is 11.1 Å². The number of anilines is 1. The molecule has 1 saturated heterocycles. The highest BCUT2D eigenvalue weighted by Crippen LogP contribution is 2.19. The zero-order valence-electron chi connectivity index (χ0n) is 12.8. The molecule has 0 unspecified atom stereocenters. The van der Waals surface area contributed by atoms with Gasteiger partial charge in [0, 0.05) is 5.38 Å². The van der Waals surface area contributed by atoms with Gasteiger partial charge in [0.15, 0.2) is 10.8 Å². The van der Waals surface area contributed by atoms with Gasteiger partial charge in [0.05, 0.1) is 18.5 Å². The van der Waals surface area contributed by atoms with E-state index in [1.807, 2.05) is 0 Å². The summed E-state index contributed by atoms with van der Waals surface area (Å²) in [4.78, 5) is 31.7. The Kier molecular flexibility index (Phi) is 6.12. The maximum absolute atomic E-state index is 12.4. The molecule has 10 nitrogen and oxygen atoms in total. The Morgan fingerprint density at radius 3 is 2.92 bits per heavy atom. The topological polar surface area (TPSA) is 156 Å². The quantitative estimate of drug-likeness (QED) is 0.294. The highest BCUT2D eigenvalue weighted by atomic mass is 32.1. The number of nitrogens with zero attached hydrogens (tertiary/aromatic N) is 2. The van der Waals surface area contributed by atoms with Crippen molar-refractivity contribution in [2.75, 3.05) is 12.8 Å². The zero-order valence-corrected chi connectivity index (χ0v) is 13.7. The molecule has 1 aromatic heterocycles. The average Bonchev–Trinajstić information content (AvgIpc) is 2.93. The van der Waals surface area contributed by atoms with Crippen LogP contribution in [0.25, 0.3) is 0 Å². The molecule has 0 radical (unpaired) electrons. The minimum Gasteiger partial charge on any atom is -0.481 e. The number of rotatable bonds is 6. The number of aliphatic carboxylic acids is 1. The number of hydrogen-bond donors (Lipinski definition) is 4. The maximum atomic E-state index is 12.4. The number of amides is 1. The maximum Gasteiger partial charge on any atom is 0.478 e. The zero-order chi connectivity index (χ0) is 17.7. The lowest BCUT2D eigenvalue weighted by Crippen LogP contribution is -2.54. The van der Waals surface area contributed by atoms with Crippen LogP contribution < -0.4 is 11.1 Å². The molecule has 0 bridgehead atoms. The van der Waals surface area contributed by atoms with E-state index in [-0.39, 0.29) is 23.0 Å². The van der Waals surface area contributed by atoms with Crippen LogP contribution in [-0.4, -0.2) is 59.0 Å². The van der Waals surface area contributed by atoms with Crippen molar-refractivity contribution in [2.45, 2.75) is 31.3 Å². The minimum absolute atomic E-state index is 0.0784. The summed E-state index contributed by atoms with van der Waals surface area (Å²) in [6, 6.07) is 0. The molecule has 2 atom stereocenters. The molecular weight excluding hydrogens is 339 g/mol. The van der Waals surface area contributed by atoms with Gasteiger partial charge in [-0.3, -0.25) is 9.59 Å². The van der Waals surface area contributed by atoms with Crippen molar-refractivity contribution < 1.29 is 29.2 Å². The van der Waals surface area contributed by atoms with Gasteiger partial charge in [-0.1, -0.05) is 5.16 Å². The van der Waals surface area contributed by atoms with E-state index in [1.54, 1.807) is 5.38 Å². The molecule has 130 valence electrons. The third kappa shape index (κ3) is 4.66. The van der Waals surface area contributed by atoms with Gasteiger partial charge in [0.2, 0.25) is 0 Å². The molecule has 1 amide bonds. The molecule has 12 heteroatoms. The summed E-state index contributed by atoms with van der Waals surface area (Å²) in [5, 5.41) is 26.8. The normalized spacial score (nSPS) is 21.4. The van der Waals surface area contributed by atoms with Crippen LogP contribution in [-0.2, 0) is 19.1 Å². The Labute approximate surface area is 141 Å². The summed E-state index contributed by atoms with van der Waals surface area (Å²) < 4.78 is 5.22. The number of thiazole rings is 1. The van der Waals surface area contributed by atoms with Gasteiger partial charge in [-0.25, -0.2) is 4.98 Å². The molecule has 0 spiro atoms. The van der Waals surface area contributed by atoms with Gasteiger partial charge in [0.1, 0.15) is 12.8 Å². The molecule has 0 saturated carbocycles. The van der Waals surface area contributed by atoms with E-state index in [2.05, 4.69) is 20.3 Å². The molecule has 5 N–H and O–H groups in total. The smallest absolute Gasteiger partial charge is 0.478 e. The number of carbonyl (C=O) groups excluding carboxylic acids is 1. The van der Waals surface area contributed by atoms with E-state index in [0.29, 0.717) is 12.8 Å². The van der Waals surface area contributed by atoms with E-state index in [0.717, 1.165) is 11.3 Å². The van der Waals surface area contributed by atoms with Crippen LogP contribution in [0.5, 0.6) is 0 Å². The van der Waals surface area contributed by atoms with Gasteiger partial charge in [-0.15, -0.1) is 11.3 Å². The average molecular weight is 356 g/mol. The van der Waals surface area contributed by atoms with Crippen LogP contribution in [0.1, 0.15) is 25.0 Å². The molecule has 1 aliphatic heterocycles. The summed E-state index contributed by atoms with van der Waals surface area (Å²) in [6.07, 6.45) is -0.0262. The van der Waals surface area contributed by atoms with E-state index >= 15 is 0 Å². The second-order valence-electron chi connectivity index (χ2n) is 5.10. The number of carboxylic acid groups (broad SMARTS) is 1. The number of nitrogen functional groups attached to an aromatic ring is 1. The van der Waals surface area contributed by atoms with Crippen molar-refractivity contribution in [1.29, 1.82) is 0 Å². The van der Waals surface area contributed by atoms with E-state index in [1.165, 1.54) is 7.11 Å². The minimum atomic E-state index is -1.31. The molecular formula is C12H17BN4O6S. The van der Waals surface area contributed by atoms with Crippen LogP contribution in [0.2, 0.25) is 0 Å². The number of oxime groups is 1. The molecule has 0 aromatic carbocycles. The molecule has 1 fully saturated rings. The van der Waals surface area contributed by atoms with Gasteiger partial charge in [-0.2, -0.15) is 0 Å². The largest absolute Gasteiger partial charge is 0.481 e. The first-order valence-electron chi connectivity index (χ1n) is 7.09. The van der Waals surface area contributed by atoms with Gasteiger partial charge >= 0.3 is 13.1 Å². The number of nitrogens with two attached hydrogens (primary N) is 1. The number of carbonyl (C=O) groups is 2. The summed E-state index contributed by atoms with van der Waals surface area (Å²) in [5.74, 6) is -2.31. The van der Waals surface area contributed by atoms with Gasteiger partial charge in [0.25, 0.3) is 5.91 Å². The first-order valence-corrected chi connectivity index (χ1v) is 7.97. The third-order valence-corrected chi connectivity index (χ3v) is 4.03. The van der Waals surface area contributed by atoms with Crippen LogP contribution in [0, 0.1) is 0 Å². The van der Waals surface area contributed by atoms with Gasteiger partial charge < -0.3 is 30.7 Å². The van der Waals surface area contributed by atoms with Crippen LogP contribution in [0.3, 0.4) is 0 Å². The Bertz CT molecular complexity index is 639. The number of nitrogens with one attached hydrogen (secondary N) is 1. The highest BCUT2D eigenvalue weighted by Gasteiger charge is 2.37. The lowest BCUT2D eigenvalue weighted by molar-refractivity contribution is -0.139. The SMILES string of the molecule is CON=C(C(=O)N[C@H]1CC[C@@H](CC(=O)O)OB1O)c1csc(N)n1. The van der Waals surface area contributed by atoms with Crippen LogP contribution >= 0.6 is 11.3 Å². The van der Waals surface area contributed by atoms with Crippen LogP contribution in [0.4, 0.5) is 5.13 Å². The fourth-order valence-corrected chi connectivity index (χ4v) is 2.83. The number of hydrogen-bond acceptors (Lipinski definition) is 9. The van der Waals surface area contributed by atoms with Crippen LogP contribution in [0.15, 0.2) is 10.5 Å². The summed E-state index contributed by atoms with van der Waals surface area (Å²) in [6.45, 7) is 0. The second-order valence-corrected chi connectivity index (χ2v) is 5.99. The Balaban J connectivity index is 2.00. The molecule has 24 heavy (non-hydrogen) atoms. The van der Waals surface area contributed by atoms with E-state index < -0.39 is 31.0 Å². The summed E-state index contributed by atoms with van der Waals surface area (Å²) >= 11 is 1.15. The van der Waals surface area contributed by atoms with Crippen molar-refractivity contribution in [1.82, 2.24) is 10.3 Å². The summed E-state index contributed by atoms with van der Waals surface area (Å²) in [7, 11) is -0.0192. The molecule has 1 aliphatic rings. The highest BCUT2D eigenvalue weighted by molar-refractivity contribution is 7.13. The van der Waals surface area contributed by atoms with Crippen molar-refractivity contribution >= 4 is 41.2 Å². The molecule has 1 aromatic rings. The molecule has 2 rings (SSSR count). The van der Waals surface area contributed by atoms with Crippen molar-refractivity contribution in [3.8, 4) is 0 Å². The predicted octanol–water partition coefficient (Wildman–Crippen LogP) is -0.766. The Morgan fingerprint density at radius 1 is 1.62 bits per heavy atom. The summed E-state index contributed by atoms with van der Waals surface area (Å²) in [5.41, 5.74) is 5.72. The predicted molar refractivity (Wildman–Crippen MR) is 86.3 cm³/mol. The molecule has 0 aliphatic carbocycles. The fraction of sp³-hybridized carbons (Fsp3) is 0.500. The third-order valence-electron chi connectivity index (χ3n) is 3.36. The monoisotopic (exact) mass is 356 g/mol. The fourth-order valence-electron chi connectivity index (χ4n) is 2.29. The van der Waals surface area contributed by atoms with Crippen molar-refractivity contribution in [3.63, 3.8) is 0 Å². The number of carboxylic acids is 1. The Morgan fingerprint density at radius 2 is 2.38 bits per heavy atom. The van der Waals surface area contributed by atoms with E-state index in [4.69, 9.17) is 15.5 Å². The lowest BCUT2D eigenvalue weighted by Gasteiger charge is -2.30. The Hall–Kier alpha value is -2.18. The second kappa shape index (κ2) is 8.08. The lowest BCUT2D eigenvalue weighted by atomic mass is 9.72. The van der Waals surface area contributed by atoms with Crippen molar-refractivity contribution in [2.24, 2.45) is 5.16 Å². The first-order chi connectivity index (χ1) is 11.4. The van der Waals surface area contributed by atoms with E-state index in [9.17, 15) is 14.6 Å².